The molecular formula is C8H9ClN2O. The number of aryl methyl sites for hydroxylation is 1. The van der Waals surface area contributed by atoms with Crippen LogP contribution >= 0.6 is 11.6 Å². The molecular weight excluding hydrogens is 176 g/mol. The topological polar surface area (TPSA) is 35.0 Å². The molecule has 0 saturated carbocycles. The molecule has 0 atom stereocenters. The lowest BCUT2D eigenvalue weighted by molar-refractivity contribution is 0.302. The molecule has 1 aromatic rings. The Morgan fingerprint density at radius 3 is 3.17 bits per heavy atom. The standard InChI is InChI=1S/C8H9ClN2O/c9-7-5-6-3-1-2-4-12-8(6)11-10-7/h5H,1-4H2. The summed E-state index contributed by atoms with van der Waals surface area (Å²) in [5, 5.41) is 8.04. The molecule has 0 amide bonds. The molecule has 0 radical (unpaired) electrons. The van der Waals surface area contributed by atoms with E-state index in [2.05, 4.69) is 10.2 Å². The van der Waals surface area contributed by atoms with E-state index in [-0.39, 0.29) is 0 Å². The van der Waals surface area contributed by atoms with Gasteiger partial charge in [-0.3, -0.25) is 0 Å². The monoisotopic (exact) mass is 184 g/mol. The van der Waals surface area contributed by atoms with Crippen LogP contribution in [0.25, 0.3) is 0 Å². The number of hydrogen-bond donors (Lipinski definition) is 0. The van der Waals surface area contributed by atoms with E-state index in [0.29, 0.717) is 11.0 Å². The maximum Gasteiger partial charge on any atom is 0.236 e. The Balaban J connectivity index is 2.36. The van der Waals surface area contributed by atoms with Gasteiger partial charge in [-0.2, -0.15) is 0 Å². The Labute approximate surface area is 75.7 Å². The second kappa shape index (κ2) is 3.27. The van der Waals surface area contributed by atoms with Crippen LogP contribution in [0.3, 0.4) is 0 Å². The van der Waals surface area contributed by atoms with Crippen LogP contribution in [0.4, 0.5) is 0 Å². The van der Waals surface area contributed by atoms with Gasteiger partial charge in [0.15, 0.2) is 5.15 Å². The largest absolute Gasteiger partial charge is 0.476 e. The normalized spacial score (nSPS) is 16.1. The van der Waals surface area contributed by atoms with Gasteiger partial charge in [-0.1, -0.05) is 11.6 Å². The van der Waals surface area contributed by atoms with Crippen LogP contribution in [0.1, 0.15) is 18.4 Å². The predicted molar refractivity (Wildman–Crippen MR) is 45.5 cm³/mol. The highest BCUT2D eigenvalue weighted by Gasteiger charge is 2.10. The third-order valence-electron chi connectivity index (χ3n) is 1.88. The number of aromatic nitrogens is 2. The molecule has 0 aliphatic carbocycles. The van der Waals surface area contributed by atoms with Gasteiger partial charge in [0.2, 0.25) is 5.88 Å². The van der Waals surface area contributed by atoms with Crippen molar-refractivity contribution in [3.63, 3.8) is 0 Å². The van der Waals surface area contributed by atoms with E-state index in [1.165, 1.54) is 0 Å². The number of halogens is 1. The van der Waals surface area contributed by atoms with Gasteiger partial charge in [-0.15, -0.1) is 10.2 Å². The van der Waals surface area contributed by atoms with Gasteiger partial charge in [0.05, 0.1) is 6.61 Å². The van der Waals surface area contributed by atoms with E-state index in [1.54, 1.807) is 0 Å². The zero-order valence-corrected chi connectivity index (χ0v) is 7.34. The highest BCUT2D eigenvalue weighted by atomic mass is 35.5. The summed E-state index contributed by atoms with van der Waals surface area (Å²) in [6.07, 6.45) is 3.20. The zero-order chi connectivity index (χ0) is 8.39. The molecule has 4 heteroatoms. The molecule has 0 N–H and O–H groups in total. The SMILES string of the molecule is Clc1cc2c(nn1)OCCCC2. The van der Waals surface area contributed by atoms with E-state index in [9.17, 15) is 0 Å². The summed E-state index contributed by atoms with van der Waals surface area (Å²) >= 11 is 5.70. The van der Waals surface area contributed by atoms with Crippen molar-refractivity contribution in [1.29, 1.82) is 0 Å². The first-order chi connectivity index (χ1) is 5.86. The molecule has 0 saturated heterocycles. The minimum Gasteiger partial charge on any atom is -0.476 e. The number of rotatable bonds is 0. The van der Waals surface area contributed by atoms with Gasteiger partial charge in [0.1, 0.15) is 0 Å². The second-order valence-corrected chi connectivity index (χ2v) is 3.19. The zero-order valence-electron chi connectivity index (χ0n) is 6.59. The summed E-state index contributed by atoms with van der Waals surface area (Å²) in [6, 6.07) is 1.83. The van der Waals surface area contributed by atoms with Crippen molar-refractivity contribution in [2.45, 2.75) is 19.3 Å². The average molecular weight is 185 g/mol. The highest BCUT2D eigenvalue weighted by molar-refractivity contribution is 6.29. The van der Waals surface area contributed by atoms with E-state index in [0.717, 1.165) is 31.4 Å². The lowest BCUT2D eigenvalue weighted by Gasteiger charge is -2.02. The van der Waals surface area contributed by atoms with Gasteiger partial charge in [-0.05, 0) is 25.3 Å². The summed E-state index contributed by atoms with van der Waals surface area (Å²) in [6.45, 7) is 0.739. The first-order valence-corrected chi connectivity index (χ1v) is 4.39. The Hall–Kier alpha value is -0.830. The highest BCUT2D eigenvalue weighted by Crippen LogP contribution is 2.22. The number of nitrogens with zero attached hydrogens (tertiary/aromatic N) is 2. The van der Waals surface area contributed by atoms with Crippen molar-refractivity contribution in [3.8, 4) is 5.88 Å². The van der Waals surface area contributed by atoms with E-state index in [1.807, 2.05) is 6.07 Å². The van der Waals surface area contributed by atoms with Crippen molar-refractivity contribution < 1.29 is 4.74 Å². The summed E-state index contributed by atoms with van der Waals surface area (Å²) in [5.74, 6) is 0.650. The Kier molecular flexibility index (Phi) is 2.13. The van der Waals surface area contributed by atoms with Gasteiger partial charge in [-0.25, -0.2) is 0 Å². The lowest BCUT2D eigenvalue weighted by atomic mass is 10.1. The predicted octanol–water partition coefficient (Wildman–Crippen LogP) is 1.85. The van der Waals surface area contributed by atoms with Gasteiger partial charge < -0.3 is 4.74 Å². The van der Waals surface area contributed by atoms with Crippen LogP contribution in [0.5, 0.6) is 5.88 Å². The molecule has 0 bridgehead atoms. The summed E-state index contributed by atoms with van der Waals surface area (Å²) < 4.78 is 5.37. The molecule has 0 aromatic carbocycles. The maximum absolute atomic E-state index is 5.70. The first-order valence-electron chi connectivity index (χ1n) is 4.01. The fourth-order valence-corrected chi connectivity index (χ4v) is 1.45. The van der Waals surface area contributed by atoms with E-state index in [4.69, 9.17) is 16.3 Å². The summed E-state index contributed by atoms with van der Waals surface area (Å²) in [4.78, 5) is 0. The summed E-state index contributed by atoms with van der Waals surface area (Å²) in [7, 11) is 0. The molecule has 0 spiro atoms. The quantitative estimate of drug-likeness (QED) is 0.617. The van der Waals surface area contributed by atoms with Crippen LogP contribution in [-0.2, 0) is 6.42 Å². The van der Waals surface area contributed by atoms with Crippen molar-refractivity contribution in [3.05, 3.63) is 16.8 Å². The molecule has 3 nitrogen and oxygen atoms in total. The van der Waals surface area contributed by atoms with Crippen LogP contribution in [0, 0.1) is 0 Å². The maximum atomic E-state index is 5.70. The molecule has 2 rings (SSSR count). The van der Waals surface area contributed by atoms with E-state index >= 15 is 0 Å². The molecule has 2 heterocycles. The van der Waals surface area contributed by atoms with Crippen LogP contribution in [-0.4, -0.2) is 16.8 Å². The third-order valence-corrected chi connectivity index (χ3v) is 2.07. The fraction of sp³-hybridized carbons (Fsp3) is 0.500. The lowest BCUT2D eigenvalue weighted by Crippen LogP contribution is -1.98. The molecule has 1 aromatic heterocycles. The molecule has 1 aliphatic rings. The Morgan fingerprint density at radius 1 is 1.33 bits per heavy atom. The van der Waals surface area contributed by atoms with Gasteiger partial charge >= 0.3 is 0 Å². The number of fused-ring (bicyclic) bond motifs is 1. The van der Waals surface area contributed by atoms with Gasteiger partial charge in [0, 0.05) is 5.56 Å². The smallest absolute Gasteiger partial charge is 0.236 e. The molecule has 64 valence electrons. The molecule has 12 heavy (non-hydrogen) atoms. The van der Waals surface area contributed by atoms with Crippen molar-refractivity contribution in [1.82, 2.24) is 10.2 Å². The molecule has 1 aliphatic heterocycles. The summed E-state index contributed by atoms with van der Waals surface area (Å²) in [5.41, 5.74) is 1.08. The van der Waals surface area contributed by atoms with Gasteiger partial charge in [0.25, 0.3) is 0 Å². The molecule has 0 fully saturated rings. The number of ether oxygens (including phenoxy) is 1. The Morgan fingerprint density at radius 2 is 2.25 bits per heavy atom. The minimum absolute atomic E-state index is 0.444. The fourth-order valence-electron chi connectivity index (χ4n) is 1.28. The van der Waals surface area contributed by atoms with E-state index < -0.39 is 0 Å². The van der Waals surface area contributed by atoms with Crippen LogP contribution in [0.15, 0.2) is 6.07 Å². The average Bonchev–Trinajstić information content (AvgIpc) is 2.28. The van der Waals surface area contributed by atoms with Crippen molar-refractivity contribution in [2.75, 3.05) is 6.61 Å². The van der Waals surface area contributed by atoms with Crippen molar-refractivity contribution in [2.24, 2.45) is 0 Å². The van der Waals surface area contributed by atoms with Crippen LogP contribution < -0.4 is 4.74 Å². The third kappa shape index (κ3) is 1.50. The Bertz CT molecular complexity index is 290. The first kappa shape index (κ1) is 7.80. The van der Waals surface area contributed by atoms with Crippen molar-refractivity contribution >= 4 is 11.6 Å². The number of hydrogen-bond acceptors (Lipinski definition) is 3. The minimum atomic E-state index is 0.444. The molecule has 0 unspecified atom stereocenters. The second-order valence-electron chi connectivity index (χ2n) is 2.80. The van der Waals surface area contributed by atoms with Crippen LogP contribution in [0.2, 0.25) is 5.15 Å².